The molecular weight excluding hydrogens is 408 g/mol. The summed E-state index contributed by atoms with van der Waals surface area (Å²) in [5.74, 6) is -0.935. The van der Waals surface area contributed by atoms with Gasteiger partial charge in [0, 0.05) is 12.2 Å². The van der Waals surface area contributed by atoms with Gasteiger partial charge < -0.3 is 18.9 Å². The van der Waals surface area contributed by atoms with E-state index in [-0.39, 0.29) is 13.2 Å². The van der Waals surface area contributed by atoms with Crippen molar-refractivity contribution in [2.75, 3.05) is 13.2 Å². The predicted molar refractivity (Wildman–Crippen MR) is 120 cm³/mol. The number of rotatable bonds is 6. The number of hydrogen-bond donors (Lipinski definition) is 0. The first-order chi connectivity index (χ1) is 15.5. The van der Waals surface area contributed by atoms with Gasteiger partial charge >= 0.3 is 11.9 Å². The summed E-state index contributed by atoms with van der Waals surface area (Å²) < 4.78 is 22.5. The number of aryl methyl sites for hydroxylation is 2. The molecule has 2 saturated heterocycles. The highest BCUT2D eigenvalue weighted by molar-refractivity contribution is 5.87. The van der Waals surface area contributed by atoms with Crippen molar-refractivity contribution in [1.82, 2.24) is 0 Å². The van der Waals surface area contributed by atoms with Crippen LogP contribution in [-0.2, 0) is 28.5 Å². The van der Waals surface area contributed by atoms with Gasteiger partial charge in [0.1, 0.15) is 12.2 Å². The number of carbonyl (C=O) groups excluding carboxylic acids is 2. The molecule has 2 aromatic rings. The summed E-state index contributed by atoms with van der Waals surface area (Å²) in [5, 5.41) is 0. The fourth-order valence-corrected chi connectivity index (χ4v) is 3.69. The first kappa shape index (κ1) is 22.0. The van der Waals surface area contributed by atoms with Crippen molar-refractivity contribution in [3.8, 4) is 0 Å². The van der Waals surface area contributed by atoms with E-state index in [1.54, 1.807) is 12.2 Å². The molecule has 2 aliphatic heterocycles. The van der Waals surface area contributed by atoms with Gasteiger partial charge in [-0.25, -0.2) is 9.59 Å². The highest BCUT2D eigenvalue weighted by Crippen LogP contribution is 2.30. The number of benzene rings is 2. The Morgan fingerprint density at radius 1 is 0.719 bits per heavy atom. The molecule has 6 heteroatoms. The summed E-state index contributed by atoms with van der Waals surface area (Å²) in [6, 6.07) is 15.6. The number of ether oxygens (including phenoxy) is 4. The zero-order valence-corrected chi connectivity index (χ0v) is 18.1. The molecule has 4 rings (SSSR count). The van der Waals surface area contributed by atoms with Gasteiger partial charge in [-0.3, -0.25) is 0 Å². The predicted octanol–water partition coefficient (Wildman–Crippen LogP) is 3.65. The van der Waals surface area contributed by atoms with Crippen LogP contribution in [0, 0.1) is 13.8 Å². The van der Waals surface area contributed by atoms with Gasteiger partial charge in [-0.1, -0.05) is 59.7 Å². The van der Waals surface area contributed by atoms with E-state index in [0.29, 0.717) is 0 Å². The van der Waals surface area contributed by atoms with E-state index in [1.165, 1.54) is 12.2 Å². The monoisotopic (exact) mass is 434 g/mol. The summed E-state index contributed by atoms with van der Waals surface area (Å²) in [5.41, 5.74) is 4.13. The van der Waals surface area contributed by atoms with Crippen molar-refractivity contribution < 1.29 is 28.5 Å². The maximum Gasteiger partial charge on any atom is 0.331 e. The summed E-state index contributed by atoms with van der Waals surface area (Å²) in [4.78, 5) is 24.4. The lowest BCUT2D eigenvalue weighted by atomic mass is 10.1. The molecular formula is C26H26O6. The number of fused-ring (bicyclic) bond motifs is 1. The van der Waals surface area contributed by atoms with Crippen LogP contribution in [0.2, 0.25) is 0 Å². The van der Waals surface area contributed by atoms with Gasteiger partial charge in [-0.15, -0.1) is 0 Å². The Bertz CT molecular complexity index is 922. The van der Waals surface area contributed by atoms with Crippen molar-refractivity contribution in [1.29, 1.82) is 0 Å². The van der Waals surface area contributed by atoms with Crippen LogP contribution in [-0.4, -0.2) is 49.6 Å². The molecule has 0 N–H and O–H groups in total. The molecule has 166 valence electrons. The molecule has 2 aliphatic rings. The molecule has 0 saturated carbocycles. The second-order valence-corrected chi connectivity index (χ2v) is 8.03. The smallest absolute Gasteiger partial charge is 0.331 e. The average Bonchev–Trinajstić information content (AvgIpc) is 3.36. The quantitative estimate of drug-likeness (QED) is 0.511. The van der Waals surface area contributed by atoms with Crippen LogP contribution in [0.4, 0.5) is 0 Å². The number of carbonyl (C=O) groups is 2. The van der Waals surface area contributed by atoms with Gasteiger partial charge in [0.15, 0.2) is 12.2 Å². The number of hydrogen-bond acceptors (Lipinski definition) is 6. The molecule has 0 spiro atoms. The molecule has 0 aromatic heterocycles. The highest BCUT2D eigenvalue weighted by atomic mass is 16.7. The summed E-state index contributed by atoms with van der Waals surface area (Å²) in [6.07, 6.45) is 4.20. The Morgan fingerprint density at radius 2 is 1.09 bits per heavy atom. The van der Waals surface area contributed by atoms with Crippen LogP contribution in [0.1, 0.15) is 22.3 Å². The van der Waals surface area contributed by atoms with E-state index >= 15 is 0 Å². The SMILES string of the molecule is Cc1ccc(/C=C/C(=O)OC2COC3C2OC[C@H]3OC(=O)/C=C/c2ccc(C)cc2)cc1. The molecule has 4 atom stereocenters. The molecule has 3 unspecified atom stereocenters. The van der Waals surface area contributed by atoms with Crippen molar-refractivity contribution >= 4 is 24.1 Å². The van der Waals surface area contributed by atoms with E-state index in [1.807, 2.05) is 62.4 Å². The minimum absolute atomic E-state index is 0.201. The van der Waals surface area contributed by atoms with Gasteiger partial charge in [0.05, 0.1) is 13.2 Å². The average molecular weight is 434 g/mol. The van der Waals surface area contributed by atoms with Crippen molar-refractivity contribution in [3.63, 3.8) is 0 Å². The third-order valence-corrected chi connectivity index (χ3v) is 5.48. The van der Waals surface area contributed by atoms with E-state index in [9.17, 15) is 9.59 Å². The standard InChI is InChI=1S/C26H26O6/c1-17-3-7-19(8-4-17)11-13-23(27)31-21-15-29-26-22(16-30-25(21)26)32-24(28)14-12-20-9-5-18(2)6-10-20/h3-14,21-22,25-26H,15-16H2,1-2H3/b13-11+,14-12+/t21-,22?,25?,26?/m1/s1. The molecule has 2 fully saturated rings. The second-order valence-electron chi connectivity index (χ2n) is 8.03. The number of esters is 2. The lowest BCUT2D eigenvalue weighted by Crippen LogP contribution is -2.35. The van der Waals surface area contributed by atoms with Crippen LogP contribution in [0.15, 0.2) is 60.7 Å². The molecule has 0 radical (unpaired) electrons. The molecule has 32 heavy (non-hydrogen) atoms. The Morgan fingerprint density at radius 3 is 1.47 bits per heavy atom. The zero-order chi connectivity index (χ0) is 22.5. The Kier molecular flexibility index (Phi) is 6.83. The largest absolute Gasteiger partial charge is 0.454 e. The van der Waals surface area contributed by atoms with Gasteiger partial charge in [0.2, 0.25) is 0 Å². The van der Waals surface area contributed by atoms with Crippen LogP contribution in [0.25, 0.3) is 12.2 Å². The van der Waals surface area contributed by atoms with E-state index < -0.39 is 36.4 Å². The molecule has 0 aliphatic carbocycles. The molecule has 2 heterocycles. The van der Waals surface area contributed by atoms with Crippen LogP contribution < -0.4 is 0 Å². The zero-order valence-electron chi connectivity index (χ0n) is 18.1. The lowest BCUT2D eigenvalue weighted by Gasteiger charge is -2.16. The Hall–Kier alpha value is -3.22. The van der Waals surface area contributed by atoms with Crippen LogP contribution in [0.3, 0.4) is 0 Å². The van der Waals surface area contributed by atoms with Crippen molar-refractivity contribution in [3.05, 3.63) is 82.9 Å². The third-order valence-electron chi connectivity index (χ3n) is 5.48. The Balaban J connectivity index is 1.27. The van der Waals surface area contributed by atoms with Crippen LogP contribution >= 0.6 is 0 Å². The van der Waals surface area contributed by atoms with E-state index in [4.69, 9.17) is 18.9 Å². The van der Waals surface area contributed by atoms with Crippen molar-refractivity contribution in [2.24, 2.45) is 0 Å². The minimum Gasteiger partial charge on any atom is -0.454 e. The molecule has 0 bridgehead atoms. The summed E-state index contributed by atoms with van der Waals surface area (Å²) >= 11 is 0. The molecule has 2 aromatic carbocycles. The maximum atomic E-state index is 12.2. The Labute approximate surface area is 187 Å². The minimum atomic E-state index is -0.540. The fraction of sp³-hybridized carbons (Fsp3) is 0.308. The highest BCUT2D eigenvalue weighted by Gasteiger charge is 2.50. The van der Waals surface area contributed by atoms with Gasteiger partial charge in [-0.2, -0.15) is 0 Å². The first-order valence-electron chi connectivity index (χ1n) is 10.6. The molecule has 0 amide bonds. The van der Waals surface area contributed by atoms with Gasteiger partial charge in [-0.05, 0) is 37.1 Å². The first-order valence-corrected chi connectivity index (χ1v) is 10.6. The van der Waals surface area contributed by atoms with E-state index in [2.05, 4.69) is 0 Å². The van der Waals surface area contributed by atoms with E-state index in [0.717, 1.165) is 22.3 Å². The van der Waals surface area contributed by atoms with Crippen molar-refractivity contribution in [2.45, 2.75) is 38.3 Å². The fourth-order valence-electron chi connectivity index (χ4n) is 3.69. The second kappa shape index (κ2) is 9.94. The summed E-state index contributed by atoms with van der Waals surface area (Å²) in [7, 11) is 0. The maximum absolute atomic E-state index is 12.2. The van der Waals surface area contributed by atoms with Crippen LogP contribution in [0.5, 0.6) is 0 Å². The normalized spacial score (nSPS) is 24.7. The summed E-state index contributed by atoms with van der Waals surface area (Å²) in [6.45, 7) is 4.41. The molecule has 6 nitrogen and oxygen atoms in total. The third kappa shape index (κ3) is 5.52. The topological polar surface area (TPSA) is 71.1 Å². The van der Waals surface area contributed by atoms with Gasteiger partial charge in [0.25, 0.3) is 0 Å². The lowest BCUT2D eigenvalue weighted by molar-refractivity contribution is -0.149.